The Bertz CT molecular complexity index is 2880. The summed E-state index contributed by atoms with van der Waals surface area (Å²) in [5, 5.41) is 11.9. The molecule has 0 unspecified atom stereocenters. The molecule has 0 amide bonds. The van der Waals surface area contributed by atoms with Gasteiger partial charge in [0, 0.05) is 23.1 Å². The average Bonchev–Trinajstić information content (AvgIpc) is 3.30. The Morgan fingerprint density at radius 3 is 0.909 bits per heavy atom. The topological polar surface area (TPSA) is 47.0 Å². The van der Waals surface area contributed by atoms with Crippen LogP contribution in [0.1, 0.15) is 50.1 Å². The number of halogens is 24. The lowest BCUT2D eigenvalue weighted by atomic mass is 9.12. The van der Waals surface area contributed by atoms with Gasteiger partial charge >= 0.3 is 49.4 Å². The van der Waals surface area contributed by atoms with Crippen LogP contribution < -0.4 is 26.4 Å². The standard InChI is InChI=1S/C32H12BF24.C16H13N2O2/c34-25(35,36)13-1-14(26(37,38)39)6-21(5-13)33(22-7-15(27(40,41)42)2-16(8-22)28(43,44)45,23-9-17(29(46,47)48)3-18(10-23)30(49,50)51)24-11-19(31(52,53)54)4-20(12-24)32(55,56)57;19-18(20)15-9-8-14-7-4-10-17(16(14)11-15)12-13-5-2-1-3-6-13/h1-12H;1-11H,12H2/q-1;+1. The number of rotatable bonds is 7. The Hall–Kier alpha value is -7.49. The fourth-order valence-corrected chi connectivity index (χ4v) is 8.35. The molecule has 0 fully saturated rings. The maximum Gasteiger partial charge on any atom is 0.416 e. The van der Waals surface area contributed by atoms with Crippen LogP contribution in [-0.4, -0.2) is 11.1 Å². The highest BCUT2D eigenvalue weighted by atomic mass is 19.4. The van der Waals surface area contributed by atoms with E-state index < -0.39 is 195 Å². The second-order valence-electron chi connectivity index (χ2n) is 16.8. The number of alkyl halides is 24. The molecule has 4 nitrogen and oxygen atoms in total. The molecule has 77 heavy (non-hydrogen) atoms. The molecule has 7 aromatic rings. The van der Waals surface area contributed by atoms with Crippen molar-refractivity contribution < 1.29 is 115 Å². The smallest absolute Gasteiger partial charge is 0.258 e. The fraction of sp³-hybridized carbons (Fsp3) is 0.188. The summed E-state index contributed by atoms with van der Waals surface area (Å²) in [6.45, 7) is 0.694. The van der Waals surface area contributed by atoms with Crippen LogP contribution >= 0.6 is 0 Å². The first-order valence-electron chi connectivity index (χ1n) is 21.0. The minimum absolute atomic E-state index is 0.116. The van der Waals surface area contributed by atoms with Gasteiger partial charge in [0.2, 0.25) is 5.52 Å². The van der Waals surface area contributed by atoms with E-state index in [-0.39, 0.29) is 10.6 Å². The molecule has 1 heterocycles. The Morgan fingerprint density at radius 1 is 0.364 bits per heavy atom. The number of benzene rings is 6. The molecule has 0 aliphatic heterocycles. The molecule has 0 N–H and O–H groups in total. The Balaban J connectivity index is 0.000000397. The van der Waals surface area contributed by atoms with E-state index in [2.05, 4.69) is 0 Å². The lowest BCUT2D eigenvalue weighted by molar-refractivity contribution is -0.662. The Kier molecular flexibility index (Phi) is 15.4. The van der Waals surface area contributed by atoms with Gasteiger partial charge in [-0.05, 0) is 36.4 Å². The van der Waals surface area contributed by atoms with Crippen LogP contribution in [0.2, 0.25) is 0 Å². The summed E-state index contributed by atoms with van der Waals surface area (Å²) in [4.78, 5) is 10.5. The molecule has 6 aromatic carbocycles. The number of pyridine rings is 1. The number of nitro groups is 1. The van der Waals surface area contributed by atoms with Gasteiger partial charge in [-0.15, -0.1) is 0 Å². The molecule has 0 saturated heterocycles. The summed E-state index contributed by atoms with van der Waals surface area (Å²) in [6.07, 6.45) is -52.9. The molecule has 410 valence electrons. The van der Waals surface area contributed by atoms with Gasteiger partial charge in [-0.25, -0.2) is 0 Å². The minimum Gasteiger partial charge on any atom is -0.258 e. The quantitative estimate of drug-likeness (QED) is 0.0525. The number of non-ortho nitro benzene ring substituents is 1. The first-order chi connectivity index (χ1) is 35.0. The van der Waals surface area contributed by atoms with Gasteiger partial charge in [0.05, 0.1) is 55.5 Å². The van der Waals surface area contributed by atoms with Gasteiger partial charge in [-0.3, -0.25) is 10.1 Å². The van der Waals surface area contributed by atoms with E-state index in [1.807, 2.05) is 53.2 Å². The van der Waals surface area contributed by atoms with Crippen LogP contribution in [0, 0.1) is 10.1 Å². The second-order valence-corrected chi connectivity index (χ2v) is 16.8. The van der Waals surface area contributed by atoms with E-state index in [1.54, 1.807) is 12.1 Å². The van der Waals surface area contributed by atoms with Gasteiger partial charge in [0.25, 0.3) is 5.69 Å². The molecule has 7 rings (SSSR count). The third-order valence-electron chi connectivity index (χ3n) is 11.7. The summed E-state index contributed by atoms with van der Waals surface area (Å²) < 4.78 is 343. The highest BCUT2D eigenvalue weighted by Gasteiger charge is 2.47. The van der Waals surface area contributed by atoms with Crippen LogP contribution in [0.3, 0.4) is 0 Å². The first-order valence-corrected chi connectivity index (χ1v) is 21.0. The third-order valence-corrected chi connectivity index (χ3v) is 11.7. The predicted molar refractivity (Wildman–Crippen MR) is 226 cm³/mol. The number of nitro benzene ring substituents is 1. The Labute approximate surface area is 414 Å². The highest BCUT2D eigenvalue weighted by molar-refractivity contribution is 7.20. The molecule has 29 heteroatoms. The maximum atomic E-state index is 14.2. The van der Waals surface area contributed by atoms with E-state index in [0.717, 1.165) is 16.5 Å². The zero-order valence-electron chi connectivity index (χ0n) is 37.3. The van der Waals surface area contributed by atoms with E-state index in [4.69, 9.17) is 0 Å². The summed E-state index contributed by atoms with van der Waals surface area (Å²) >= 11 is 0. The average molecular weight is 1130 g/mol. The van der Waals surface area contributed by atoms with Gasteiger partial charge in [0.1, 0.15) is 6.15 Å². The second kappa shape index (κ2) is 20.1. The van der Waals surface area contributed by atoms with Crippen molar-refractivity contribution in [3.8, 4) is 0 Å². The van der Waals surface area contributed by atoms with Crippen molar-refractivity contribution in [2.24, 2.45) is 0 Å². The minimum atomic E-state index is -6.13. The summed E-state index contributed by atoms with van der Waals surface area (Å²) in [5.41, 5.74) is -28.1. The fourth-order valence-electron chi connectivity index (χ4n) is 8.35. The van der Waals surface area contributed by atoms with Crippen molar-refractivity contribution in [3.63, 3.8) is 0 Å². The zero-order valence-corrected chi connectivity index (χ0v) is 37.3. The molecule has 0 radical (unpaired) electrons. The van der Waals surface area contributed by atoms with Crippen molar-refractivity contribution in [3.05, 3.63) is 200 Å². The van der Waals surface area contributed by atoms with Crippen molar-refractivity contribution in [2.75, 3.05) is 0 Å². The molecule has 0 spiro atoms. The summed E-state index contributed by atoms with van der Waals surface area (Å²) in [5.74, 6) is 0. The number of hydrogen-bond acceptors (Lipinski definition) is 2. The van der Waals surface area contributed by atoms with E-state index in [9.17, 15) is 115 Å². The van der Waals surface area contributed by atoms with Crippen molar-refractivity contribution in [1.82, 2.24) is 0 Å². The molecule has 0 bridgehead atoms. The lowest BCUT2D eigenvalue weighted by Crippen LogP contribution is -2.75. The van der Waals surface area contributed by atoms with Crippen molar-refractivity contribution in [2.45, 2.75) is 56.0 Å². The van der Waals surface area contributed by atoms with Crippen molar-refractivity contribution in [1.29, 1.82) is 0 Å². The predicted octanol–water partition coefficient (Wildman–Crippen LogP) is 14.3. The van der Waals surface area contributed by atoms with E-state index in [0.29, 0.717) is 6.54 Å². The van der Waals surface area contributed by atoms with Gasteiger partial charge < -0.3 is 0 Å². The van der Waals surface area contributed by atoms with Gasteiger partial charge in [-0.1, -0.05) is 78.9 Å². The monoisotopic (exact) mass is 1130 g/mol. The molecule has 0 aliphatic carbocycles. The number of hydrogen-bond donors (Lipinski definition) is 0. The third kappa shape index (κ3) is 13.2. The first kappa shape index (κ1) is 58.8. The van der Waals surface area contributed by atoms with Crippen molar-refractivity contribution >= 4 is 44.6 Å². The molecule has 0 saturated carbocycles. The van der Waals surface area contributed by atoms with Crippen LogP contribution in [0.4, 0.5) is 111 Å². The van der Waals surface area contributed by atoms with E-state index >= 15 is 0 Å². The molecular weight excluding hydrogens is 1100 g/mol. The number of aromatic nitrogens is 1. The zero-order chi connectivity index (χ0) is 57.9. The molecule has 0 atom stereocenters. The number of fused-ring (bicyclic) bond motifs is 1. The van der Waals surface area contributed by atoms with Crippen LogP contribution in [0.5, 0.6) is 0 Å². The summed E-state index contributed by atoms with van der Waals surface area (Å²) in [6, 6.07) is 10.1. The maximum absolute atomic E-state index is 14.2. The van der Waals surface area contributed by atoms with Crippen LogP contribution in [-0.2, 0) is 56.0 Å². The number of nitrogens with zero attached hydrogens (tertiary/aromatic N) is 2. The SMILES string of the molecule is FC(F)(F)c1cc([B-](c2cc(C(F)(F)F)cc(C(F)(F)F)c2)(c2cc(C(F)(F)F)cc(C(F)(F)F)c2)c2cc(C(F)(F)F)cc(C(F)(F)F)c2)cc(C(F)(F)F)c1.O=[N+]([O-])c1ccc2ccc[n+](Cc3ccccc3)c2c1. The van der Waals surface area contributed by atoms with Gasteiger partial charge in [-0.2, -0.15) is 132 Å². The molecular formula is C48H25BF24N2O2. The van der Waals surface area contributed by atoms with Crippen LogP contribution in [0.15, 0.2) is 140 Å². The van der Waals surface area contributed by atoms with Crippen LogP contribution in [0.25, 0.3) is 10.9 Å². The largest absolute Gasteiger partial charge is 0.416 e. The van der Waals surface area contributed by atoms with E-state index in [1.165, 1.54) is 6.07 Å². The normalized spacial score (nSPS) is 13.4. The Morgan fingerprint density at radius 2 is 0.649 bits per heavy atom. The van der Waals surface area contributed by atoms with Gasteiger partial charge in [0.15, 0.2) is 12.7 Å². The lowest BCUT2D eigenvalue weighted by Gasteiger charge is -2.46. The highest BCUT2D eigenvalue weighted by Crippen LogP contribution is 2.41. The summed E-state index contributed by atoms with van der Waals surface area (Å²) in [7, 11) is 0. The molecule has 1 aromatic heterocycles. The molecule has 0 aliphatic rings.